The lowest BCUT2D eigenvalue weighted by molar-refractivity contribution is 0.355. The van der Waals surface area contributed by atoms with Gasteiger partial charge >= 0.3 is 0 Å². The summed E-state index contributed by atoms with van der Waals surface area (Å²) in [4.78, 5) is 0. The molecule has 1 aromatic rings. The summed E-state index contributed by atoms with van der Waals surface area (Å²) < 4.78 is 27.4. The molecule has 4 heteroatoms. The second-order valence-corrected chi connectivity index (χ2v) is 4.79. The first-order valence-electron chi connectivity index (χ1n) is 6.05. The zero-order chi connectivity index (χ0) is 12.4. The largest absolute Gasteiger partial charge is 0.271 e. The van der Waals surface area contributed by atoms with E-state index in [1.54, 1.807) is 19.1 Å². The van der Waals surface area contributed by atoms with Crippen LogP contribution >= 0.6 is 0 Å². The number of aryl methyl sites for hydroxylation is 1. The molecule has 2 rings (SSSR count). The summed E-state index contributed by atoms with van der Waals surface area (Å²) in [5.74, 6) is 4.28. The number of benzene rings is 1. The van der Waals surface area contributed by atoms with Crippen molar-refractivity contribution in [2.75, 3.05) is 0 Å². The van der Waals surface area contributed by atoms with E-state index in [0.29, 0.717) is 17.0 Å². The van der Waals surface area contributed by atoms with Gasteiger partial charge in [0.25, 0.3) is 0 Å². The van der Waals surface area contributed by atoms with Crippen LogP contribution in [-0.4, -0.2) is 0 Å². The third-order valence-corrected chi connectivity index (χ3v) is 3.69. The van der Waals surface area contributed by atoms with Crippen LogP contribution in [0.3, 0.4) is 0 Å². The molecule has 1 aliphatic carbocycles. The summed E-state index contributed by atoms with van der Waals surface area (Å²) >= 11 is 0. The van der Waals surface area contributed by atoms with Crippen molar-refractivity contribution in [3.8, 4) is 0 Å². The minimum absolute atomic E-state index is 0.285. The first-order chi connectivity index (χ1) is 8.15. The SMILES string of the molecule is Cc1ccc(C(NN)C2CCCC2)c(F)c1F. The molecule has 2 nitrogen and oxygen atoms in total. The minimum atomic E-state index is -0.764. The van der Waals surface area contributed by atoms with E-state index >= 15 is 0 Å². The van der Waals surface area contributed by atoms with Crippen LogP contribution in [0.15, 0.2) is 12.1 Å². The fourth-order valence-electron chi connectivity index (χ4n) is 2.67. The Morgan fingerprint density at radius 1 is 1.24 bits per heavy atom. The van der Waals surface area contributed by atoms with Crippen molar-refractivity contribution in [3.63, 3.8) is 0 Å². The van der Waals surface area contributed by atoms with Crippen LogP contribution in [0.1, 0.15) is 42.9 Å². The van der Waals surface area contributed by atoms with Crippen molar-refractivity contribution in [1.29, 1.82) is 0 Å². The summed E-state index contributed by atoms with van der Waals surface area (Å²) in [5, 5.41) is 0. The van der Waals surface area contributed by atoms with Gasteiger partial charge in [0.2, 0.25) is 0 Å². The van der Waals surface area contributed by atoms with E-state index in [1.807, 2.05) is 0 Å². The van der Waals surface area contributed by atoms with Gasteiger partial charge in [-0.25, -0.2) is 8.78 Å². The quantitative estimate of drug-likeness (QED) is 0.629. The molecule has 94 valence electrons. The lowest BCUT2D eigenvalue weighted by atomic mass is 9.91. The summed E-state index contributed by atoms with van der Waals surface area (Å²) in [7, 11) is 0. The van der Waals surface area contributed by atoms with Crippen molar-refractivity contribution in [2.24, 2.45) is 11.8 Å². The maximum absolute atomic E-state index is 13.9. The van der Waals surface area contributed by atoms with E-state index in [2.05, 4.69) is 5.43 Å². The Kier molecular flexibility index (Phi) is 3.74. The average Bonchev–Trinajstić information content (AvgIpc) is 2.84. The predicted octanol–water partition coefficient (Wildman–Crippen LogP) is 2.97. The fraction of sp³-hybridized carbons (Fsp3) is 0.538. The average molecular weight is 240 g/mol. The van der Waals surface area contributed by atoms with Crippen LogP contribution < -0.4 is 11.3 Å². The molecule has 1 atom stereocenters. The zero-order valence-corrected chi connectivity index (χ0v) is 9.97. The van der Waals surface area contributed by atoms with E-state index in [1.165, 1.54) is 0 Å². The Morgan fingerprint density at radius 2 is 1.88 bits per heavy atom. The molecule has 17 heavy (non-hydrogen) atoms. The van der Waals surface area contributed by atoms with Gasteiger partial charge in [0.1, 0.15) is 0 Å². The molecule has 3 N–H and O–H groups in total. The van der Waals surface area contributed by atoms with Crippen LogP contribution in [0, 0.1) is 24.5 Å². The highest BCUT2D eigenvalue weighted by Crippen LogP contribution is 2.36. The Balaban J connectivity index is 2.33. The maximum Gasteiger partial charge on any atom is 0.163 e. The van der Waals surface area contributed by atoms with Gasteiger partial charge in [-0.15, -0.1) is 0 Å². The minimum Gasteiger partial charge on any atom is -0.271 e. The number of rotatable bonds is 3. The van der Waals surface area contributed by atoms with Crippen molar-refractivity contribution >= 4 is 0 Å². The standard InChI is InChI=1S/C13H18F2N2/c1-8-6-7-10(12(15)11(8)14)13(17-16)9-4-2-3-5-9/h6-7,9,13,17H,2-5,16H2,1H3. The van der Waals surface area contributed by atoms with E-state index in [9.17, 15) is 8.78 Å². The molecule has 0 radical (unpaired) electrons. The van der Waals surface area contributed by atoms with E-state index in [0.717, 1.165) is 25.7 Å². The Hall–Kier alpha value is -1.00. The maximum atomic E-state index is 13.9. The molecule has 1 fully saturated rings. The van der Waals surface area contributed by atoms with Gasteiger partial charge in [0, 0.05) is 5.56 Å². The van der Waals surface area contributed by atoms with Gasteiger partial charge in [-0.1, -0.05) is 25.0 Å². The van der Waals surface area contributed by atoms with Crippen LogP contribution in [0.5, 0.6) is 0 Å². The number of halogens is 2. The smallest absolute Gasteiger partial charge is 0.163 e. The fourth-order valence-corrected chi connectivity index (χ4v) is 2.67. The predicted molar refractivity (Wildman–Crippen MR) is 63.1 cm³/mol. The summed E-state index contributed by atoms with van der Waals surface area (Å²) in [6.07, 6.45) is 4.31. The van der Waals surface area contributed by atoms with Crippen LogP contribution in [-0.2, 0) is 0 Å². The van der Waals surface area contributed by atoms with Crippen molar-refractivity contribution in [2.45, 2.75) is 38.6 Å². The normalized spacial score (nSPS) is 18.6. The topological polar surface area (TPSA) is 38.0 Å². The Morgan fingerprint density at radius 3 is 2.47 bits per heavy atom. The highest BCUT2D eigenvalue weighted by Gasteiger charge is 2.28. The van der Waals surface area contributed by atoms with E-state index < -0.39 is 11.6 Å². The molecule has 0 bridgehead atoms. The number of hydrogen-bond donors (Lipinski definition) is 2. The monoisotopic (exact) mass is 240 g/mol. The van der Waals surface area contributed by atoms with Crippen LogP contribution in [0.25, 0.3) is 0 Å². The van der Waals surface area contributed by atoms with Gasteiger partial charge in [-0.3, -0.25) is 11.3 Å². The molecule has 0 spiro atoms. The summed E-state index contributed by atoms with van der Waals surface area (Å²) in [6.45, 7) is 1.56. The molecule has 0 aromatic heterocycles. The molecule has 0 amide bonds. The first kappa shape index (κ1) is 12.5. The van der Waals surface area contributed by atoms with Crippen molar-refractivity contribution in [3.05, 3.63) is 34.9 Å². The molecule has 0 aliphatic heterocycles. The van der Waals surface area contributed by atoms with Crippen LogP contribution in [0.2, 0.25) is 0 Å². The van der Waals surface area contributed by atoms with Crippen molar-refractivity contribution < 1.29 is 8.78 Å². The summed E-state index contributed by atoms with van der Waals surface area (Å²) in [5.41, 5.74) is 3.32. The molecule has 0 saturated heterocycles. The van der Waals surface area contributed by atoms with Gasteiger partial charge in [-0.05, 0) is 31.2 Å². The lowest BCUT2D eigenvalue weighted by Gasteiger charge is -2.23. The highest BCUT2D eigenvalue weighted by atomic mass is 19.2. The number of nitrogens with two attached hydrogens (primary N) is 1. The molecule has 1 aromatic carbocycles. The van der Waals surface area contributed by atoms with Gasteiger partial charge in [0.05, 0.1) is 6.04 Å². The number of hydrazine groups is 1. The Labute approximate surface area is 100 Å². The number of hydrogen-bond acceptors (Lipinski definition) is 2. The molecule has 1 unspecified atom stereocenters. The zero-order valence-electron chi connectivity index (χ0n) is 9.97. The molecular formula is C13H18F2N2. The van der Waals surface area contributed by atoms with Crippen molar-refractivity contribution in [1.82, 2.24) is 5.43 Å². The van der Waals surface area contributed by atoms with Gasteiger partial charge in [-0.2, -0.15) is 0 Å². The third kappa shape index (κ3) is 2.33. The second-order valence-electron chi connectivity index (χ2n) is 4.79. The Bertz CT molecular complexity index is 401. The molecular weight excluding hydrogens is 222 g/mol. The third-order valence-electron chi connectivity index (χ3n) is 3.69. The van der Waals surface area contributed by atoms with Gasteiger partial charge in [0.15, 0.2) is 11.6 Å². The molecule has 0 heterocycles. The number of nitrogens with one attached hydrogen (secondary N) is 1. The van der Waals surface area contributed by atoms with Gasteiger partial charge < -0.3 is 0 Å². The summed E-state index contributed by atoms with van der Waals surface area (Å²) in [6, 6.07) is 2.96. The molecule has 1 aliphatic rings. The van der Waals surface area contributed by atoms with E-state index in [-0.39, 0.29) is 6.04 Å². The lowest BCUT2D eigenvalue weighted by Crippen LogP contribution is -2.33. The highest BCUT2D eigenvalue weighted by molar-refractivity contribution is 5.28. The molecule has 1 saturated carbocycles. The van der Waals surface area contributed by atoms with Crippen LogP contribution in [0.4, 0.5) is 8.78 Å². The van der Waals surface area contributed by atoms with E-state index in [4.69, 9.17) is 5.84 Å². The second kappa shape index (κ2) is 5.10. The first-order valence-corrected chi connectivity index (χ1v) is 6.05.